The lowest BCUT2D eigenvalue weighted by Crippen LogP contribution is -2.30. The molecule has 0 radical (unpaired) electrons. The van der Waals surface area contributed by atoms with Crippen molar-refractivity contribution in [3.05, 3.63) is 20.7 Å². The molecule has 1 aromatic rings. The van der Waals surface area contributed by atoms with Crippen LogP contribution < -0.4 is 10.2 Å². The Morgan fingerprint density at radius 2 is 2.21 bits per heavy atom. The van der Waals surface area contributed by atoms with Crippen molar-refractivity contribution in [1.29, 1.82) is 0 Å². The van der Waals surface area contributed by atoms with Crippen LogP contribution in [0.25, 0.3) is 0 Å². The Hall–Kier alpha value is -1.14. The average Bonchev–Trinajstić information content (AvgIpc) is 2.63. The van der Waals surface area contributed by atoms with Crippen molar-refractivity contribution < 1.29 is 9.90 Å². The van der Waals surface area contributed by atoms with Crippen LogP contribution in [0.15, 0.2) is 10.2 Å². The molecule has 0 saturated carbocycles. The van der Waals surface area contributed by atoms with Crippen LogP contribution in [0, 0.1) is 12.8 Å². The van der Waals surface area contributed by atoms with Gasteiger partial charge in [-0.05, 0) is 26.2 Å². The Balaban J connectivity index is 2.31. The average molecular weight is 286 g/mol. The van der Waals surface area contributed by atoms with Gasteiger partial charge in [-0.3, -0.25) is 9.59 Å². The van der Waals surface area contributed by atoms with Gasteiger partial charge in [-0.1, -0.05) is 18.3 Å². The number of hydrogen-bond donors (Lipinski definition) is 2. The predicted molar refractivity (Wildman–Crippen MR) is 76.4 cm³/mol. The zero-order chi connectivity index (χ0) is 14.4. The molecule has 0 spiro atoms. The van der Waals surface area contributed by atoms with E-state index in [4.69, 9.17) is 0 Å². The van der Waals surface area contributed by atoms with Crippen LogP contribution >= 0.6 is 11.3 Å². The van der Waals surface area contributed by atoms with Gasteiger partial charge in [0.2, 0.25) is 5.91 Å². The number of aliphatic hydroxyl groups excluding tert-OH is 1. The molecule has 0 saturated heterocycles. The van der Waals surface area contributed by atoms with Crippen molar-refractivity contribution in [1.82, 2.24) is 9.88 Å². The molecule has 2 unspecified atom stereocenters. The first kappa shape index (κ1) is 15.9. The molecule has 1 heterocycles. The van der Waals surface area contributed by atoms with Gasteiger partial charge >= 0.3 is 4.87 Å². The molecule has 1 aromatic heterocycles. The topological polar surface area (TPSA) is 71.3 Å². The minimum absolute atomic E-state index is 0.0206. The monoisotopic (exact) mass is 286 g/mol. The predicted octanol–water partition coefficient (Wildman–Crippen LogP) is 1.13. The summed E-state index contributed by atoms with van der Waals surface area (Å²) in [4.78, 5) is 23.1. The number of nitrogens with zero attached hydrogens (tertiary/aromatic N) is 1. The van der Waals surface area contributed by atoms with Crippen LogP contribution in [0.3, 0.4) is 0 Å². The highest BCUT2D eigenvalue weighted by atomic mass is 32.1. The summed E-state index contributed by atoms with van der Waals surface area (Å²) in [5.74, 6) is 0.185. The normalized spacial score (nSPS) is 14.1. The van der Waals surface area contributed by atoms with Crippen LogP contribution in [0.1, 0.15) is 32.4 Å². The van der Waals surface area contributed by atoms with Gasteiger partial charge in [0, 0.05) is 30.6 Å². The number of aliphatic hydroxyl groups is 1. The molecule has 19 heavy (non-hydrogen) atoms. The molecule has 1 amide bonds. The molecule has 0 bridgehead atoms. The van der Waals surface area contributed by atoms with Gasteiger partial charge in [-0.2, -0.15) is 0 Å². The molecule has 0 aromatic carbocycles. The molecule has 1 rings (SSSR count). The van der Waals surface area contributed by atoms with Gasteiger partial charge in [0.25, 0.3) is 0 Å². The third kappa shape index (κ3) is 5.57. The van der Waals surface area contributed by atoms with Gasteiger partial charge in [0.15, 0.2) is 0 Å². The van der Waals surface area contributed by atoms with Crippen LogP contribution in [0.4, 0.5) is 0 Å². The van der Waals surface area contributed by atoms with E-state index in [-0.39, 0.29) is 22.8 Å². The van der Waals surface area contributed by atoms with Crippen LogP contribution in [0.5, 0.6) is 0 Å². The number of aromatic nitrogens is 1. The quantitative estimate of drug-likeness (QED) is 0.789. The lowest BCUT2D eigenvalue weighted by molar-refractivity contribution is -0.121. The number of rotatable bonds is 7. The van der Waals surface area contributed by atoms with E-state index in [0.717, 1.165) is 17.0 Å². The lowest BCUT2D eigenvalue weighted by Gasteiger charge is -2.14. The lowest BCUT2D eigenvalue weighted by atomic mass is 10.0. The molecule has 2 N–H and O–H groups in total. The van der Waals surface area contributed by atoms with E-state index in [0.29, 0.717) is 25.9 Å². The maximum atomic E-state index is 11.7. The molecule has 108 valence electrons. The summed E-state index contributed by atoms with van der Waals surface area (Å²) in [5, 5.41) is 13.9. The Morgan fingerprint density at radius 1 is 1.53 bits per heavy atom. The summed E-state index contributed by atoms with van der Waals surface area (Å²) in [7, 11) is 0. The second-order valence-electron chi connectivity index (χ2n) is 5.04. The van der Waals surface area contributed by atoms with E-state index in [1.54, 1.807) is 16.9 Å². The van der Waals surface area contributed by atoms with Crippen molar-refractivity contribution >= 4 is 17.2 Å². The SMILES string of the molecule is Cc1csc(=O)n1CCC(=O)NCC(C)CC(C)O. The van der Waals surface area contributed by atoms with Gasteiger partial charge in [0.05, 0.1) is 6.10 Å². The summed E-state index contributed by atoms with van der Waals surface area (Å²) < 4.78 is 1.61. The Kier molecular flexibility index (Phi) is 6.24. The molecule has 2 atom stereocenters. The maximum Gasteiger partial charge on any atom is 0.307 e. The summed E-state index contributed by atoms with van der Waals surface area (Å²) in [6, 6.07) is 0. The number of carbonyl (C=O) groups excluding carboxylic acids is 1. The summed E-state index contributed by atoms with van der Waals surface area (Å²) >= 11 is 1.16. The van der Waals surface area contributed by atoms with Gasteiger partial charge in [0.1, 0.15) is 0 Å². The first-order valence-corrected chi connectivity index (χ1v) is 7.37. The third-order valence-electron chi connectivity index (χ3n) is 2.93. The number of nitrogens with one attached hydrogen (secondary N) is 1. The zero-order valence-corrected chi connectivity index (χ0v) is 12.5. The highest BCUT2D eigenvalue weighted by Crippen LogP contribution is 2.04. The molecule has 0 aliphatic heterocycles. The number of thiazole rings is 1. The van der Waals surface area contributed by atoms with Gasteiger partial charge in [-0.25, -0.2) is 0 Å². The Morgan fingerprint density at radius 3 is 2.74 bits per heavy atom. The van der Waals surface area contributed by atoms with E-state index in [9.17, 15) is 14.7 Å². The molecular weight excluding hydrogens is 264 g/mol. The third-order valence-corrected chi connectivity index (χ3v) is 3.81. The van der Waals surface area contributed by atoms with Crippen LogP contribution in [0.2, 0.25) is 0 Å². The van der Waals surface area contributed by atoms with E-state index < -0.39 is 0 Å². The Bertz CT molecular complexity index is 465. The van der Waals surface area contributed by atoms with E-state index in [2.05, 4.69) is 5.32 Å². The first-order valence-electron chi connectivity index (χ1n) is 6.49. The fourth-order valence-corrected chi connectivity index (χ4v) is 2.69. The highest BCUT2D eigenvalue weighted by Gasteiger charge is 2.09. The van der Waals surface area contributed by atoms with Gasteiger partial charge < -0.3 is 15.0 Å². The second kappa shape index (κ2) is 7.45. The van der Waals surface area contributed by atoms with Crippen molar-refractivity contribution in [2.24, 2.45) is 5.92 Å². The minimum Gasteiger partial charge on any atom is -0.393 e. The zero-order valence-electron chi connectivity index (χ0n) is 11.7. The number of amides is 1. The molecular formula is C13H22N2O3S. The largest absolute Gasteiger partial charge is 0.393 e. The summed E-state index contributed by atoms with van der Waals surface area (Å²) in [6.07, 6.45) is 0.626. The molecule has 6 heteroatoms. The Labute approximate surface area is 117 Å². The fraction of sp³-hybridized carbons (Fsp3) is 0.692. The number of carbonyl (C=O) groups is 1. The molecule has 5 nitrogen and oxygen atoms in total. The number of hydrogen-bond acceptors (Lipinski definition) is 4. The maximum absolute atomic E-state index is 11.7. The first-order chi connectivity index (χ1) is 8.90. The van der Waals surface area contributed by atoms with Crippen LogP contribution in [-0.2, 0) is 11.3 Å². The standard InChI is InChI=1S/C13H22N2O3S/c1-9(6-11(3)16)7-14-12(17)4-5-15-10(2)8-19-13(15)18/h8-9,11,16H,4-7H2,1-3H3,(H,14,17). The summed E-state index contributed by atoms with van der Waals surface area (Å²) in [6.45, 7) is 6.57. The minimum atomic E-state index is -0.348. The van der Waals surface area contributed by atoms with Gasteiger partial charge in [-0.15, -0.1) is 0 Å². The van der Waals surface area contributed by atoms with Crippen molar-refractivity contribution in [2.75, 3.05) is 6.54 Å². The van der Waals surface area contributed by atoms with E-state index in [1.165, 1.54) is 0 Å². The van der Waals surface area contributed by atoms with Crippen molar-refractivity contribution in [3.63, 3.8) is 0 Å². The second-order valence-corrected chi connectivity index (χ2v) is 5.86. The number of aryl methyl sites for hydroxylation is 1. The van der Waals surface area contributed by atoms with Crippen molar-refractivity contribution in [3.8, 4) is 0 Å². The highest BCUT2D eigenvalue weighted by molar-refractivity contribution is 7.07. The van der Waals surface area contributed by atoms with E-state index in [1.807, 2.05) is 13.8 Å². The molecule has 0 aliphatic rings. The molecule has 0 aliphatic carbocycles. The van der Waals surface area contributed by atoms with Crippen LogP contribution in [-0.4, -0.2) is 28.2 Å². The summed E-state index contributed by atoms with van der Waals surface area (Å²) in [5.41, 5.74) is 0.894. The fourth-order valence-electron chi connectivity index (χ4n) is 1.93. The smallest absolute Gasteiger partial charge is 0.307 e. The molecule has 0 fully saturated rings. The van der Waals surface area contributed by atoms with Crippen molar-refractivity contribution in [2.45, 2.75) is 46.3 Å². The van der Waals surface area contributed by atoms with E-state index >= 15 is 0 Å².